The second-order valence-electron chi connectivity index (χ2n) is 17.3. The minimum absolute atomic E-state index is 0.0163. The fourth-order valence-corrected chi connectivity index (χ4v) is 7.09. The third-order valence-corrected chi connectivity index (χ3v) is 10.1. The highest BCUT2D eigenvalue weighted by Gasteiger charge is 2.37. The van der Waals surface area contributed by atoms with Crippen molar-refractivity contribution in [2.24, 2.45) is 5.92 Å². The van der Waals surface area contributed by atoms with Gasteiger partial charge in [-0.25, -0.2) is 14.6 Å². The maximum absolute atomic E-state index is 13.9. The topological polar surface area (TPSA) is 139 Å². The lowest BCUT2D eigenvalue weighted by Crippen LogP contribution is -2.47. The predicted octanol–water partition coefficient (Wildman–Crippen LogP) is 7.65. The molecular formula is C40H57N7O6. The van der Waals surface area contributed by atoms with Gasteiger partial charge in [0.25, 0.3) is 0 Å². The summed E-state index contributed by atoms with van der Waals surface area (Å²) in [5.41, 5.74) is 0.847. The maximum Gasteiger partial charge on any atom is 0.425 e. The molecule has 2 aliphatic heterocycles. The number of amides is 4. The molecule has 0 bridgehead atoms. The number of aromatic nitrogens is 3. The molecule has 4 heterocycles. The molecule has 0 radical (unpaired) electrons. The number of nitrogens with one attached hydrogen (secondary N) is 1. The second kappa shape index (κ2) is 15.1. The van der Waals surface area contributed by atoms with Gasteiger partial charge in [-0.3, -0.25) is 14.3 Å². The molecule has 0 aliphatic carbocycles. The SMILES string of the molecule is CCc1cc(NC(=O)C(=O)N2C[C@@H](C)CCC2c2ccc3cn(C4CCN(C)C(C)(C)C4)nc3c2)cnc1N(C(=O)OC(C)(C)C)C(=O)OC(C)(C)C. The molecule has 2 aromatic heterocycles. The zero-order valence-electron chi connectivity index (χ0n) is 33.3. The van der Waals surface area contributed by atoms with E-state index in [0.717, 1.165) is 53.6 Å². The summed E-state index contributed by atoms with van der Waals surface area (Å²) in [7, 11) is 2.17. The van der Waals surface area contributed by atoms with E-state index in [2.05, 4.69) is 66.0 Å². The standard InChI is InChI=1S/C40H57N7O6/c1-12-26-19-29(22-41-33(26)47(36(50)52-38(3,4)5)37(51)53-39(6,7)8)42-34(48)35(49)45-23-25(2)13-16-32(45)27-14-15-28-24-46(43-31(28)20-27)30-17-18-44(11)40(9,10)21-30/h14-15,19-20,22,24-25,30,32H,12-13,16-18,21,23H2,1-11H3,(H,42,48)/t25-,30?,32?/m0/s1. The molecule has 13 heteroatoms. The van der Waals surface area contributed by atoms with Crippen LogP contribution in [0, 0.1) is 5.92 Å². The summed E-state index contributed by atoms with van der Waals surface area (Å²) in [6.45, 7) is 20.1. The molecular weight excluding hydrogens is 674 g/mol. The zero-order valence-corrected chi connectivity index (χ0v) is 33.3. The van der Waals surface area contributed by atoms with Crippen LogP contribution in [0.1, 0.15) is 118 Å². The molecule has 3 aromatic rings. The number of piperidine rings is 2. The molecule has 2 unspecified atom stereocenters. The van der Waals surface area contributed by atoms with Crippen LogP contribution < -0.4 is 10.2 Å². The summed E-state index contributed by atoms with van der Waals surface area (Å²) >= 11 is 0. The van der Waals surface area contributed by atoms with Crippen LogP contribution in [-0.4, -0.2) is 85.4 Å². The summed E-state index contributed by atoms with van der Waals surface area (Å²) in [6.07, 6.45) is 5.57. The Morgan fingerprint density at radius 1 is 0.981 bits per heavy atom. The van der Waals surface area contributed by atoms with Gasteiger partial charge in [-0.1, -0.05) is 26.0 Å². The smallest absolute Gasteiger partial charge is 0.425 e. The second-order valence-corrected chi connectivity index (χ2v) is 17.3. The molecule has 0 saturated carbocycles. The summed E-state index contributed by atoms with van der Waals surface area (Å²) < 4.78 is 13.1. The predicted molar refractivity (Wildman–Crippen MR) is 205 cm³/mol. The van der Waals surface area contributed by atoms with Crippen molar-refractivity contribution in [2.75, 3.05) is 30.4 Å². The van der Waals surface area contributed by atoms with E-state index >= 15 is 0 Å². The number of carbonyl (C=O) groups is 4. The van der Waals surface area contributed by atoms with Gasteiger partial charge in [0, 0.05) is 30.2 Å². The van der Waals surface area contributed by atoms with Gasteiger partial charge in [0.05, 0.1) is 29.5 Å². The van der Waals surface area contributed by atoms with Crippen molar-refractivity contribution in [1.29, 1.82) is 0 Å². The van der Waals surface area contributed by atoms with Gasteiger partial charge in [0.2, 0.25) is 0 Å². The van der Waals surface area contributed by atoms with Crippen molar-refractivity contribution in [1.82, 2.24) is 24.6 Å². The first-order chi connectivity index (χ1) is 24.7. The highest BCUT2D eigenvalue weighted by molar-refractivity contribution is 6.39. The largest absolute Gasteiger partial charge is 0.443 e. The van der Waals surface area contributed by atoms with Crippen molar-refractivity contribution in [3.8, 4) is 0 Å². The number of imide groups is 1. The summed E-state index contributed by atoms with van der Waals surface area (Å²) in [5.74, 6) is -1.21. The number of hydrogen-bond donors (Lipinski definition) is 1. The molecule has 3 atom stereocenters. The van der Waals surface area contributed by atoms with Gasteiger partial charge < -0.3 is 24.6 Å². The first-order valence-electron chi connectivity index (χ1n) is 18.7. The highest BCUT2D eigenvalue weighted by atomic mass is 16.6. The number of carbonyl (C=O) groups excluding carboxylic acids is 4. The van der Waals surface area contributed by atoms with E-state index in [0.29, 0.717) is 24.6 Å². The molecule has 288 valence electrons. The van der Waals surface area contributed by atoms with Gasteiger partial charge in [0.1, 0.15) is 11.2 Å². The van der Waals surface area contributed by atoms with Gasteiger partial charge in [-0.15, -0.1) is 0 Å². The van der Waals surface area contributed by atoms with E-state index in [-0.39, 0.29) is 29.0 Å². The number of rotatable bonds is 5. The number of likely N-dealkylation sites (tertiary alicyclic amines) is 2. The number of pyridine rings is 1. The molecule has 5 rings (SSSR count). The Morgan fingerprint density at radius 2 is 1.64 bits per heavy atom. The summed E-state index contributed by atoms with van der Waals surface area (Å²) in [4.78, 5) is 63.3. The van der Waals surface area contributed by atoms with Crippen molar-refractivity contribution in [3.05, 3.63) is 47.8 Å². The van der Waals surface area contributed by atoms with E-state index in [9.17, 15) is 19.2 Å². The van der Waals surface area contributed by atoms with Crippen molar-refractivity contribution in [3.63, 3.8) is 0 Å². The Hall–Kier alpha value is -4.52. The first-order valence-corrected chi connectivity index (χ1v) is 18.7. The Morgan fingerprint density at radius 3 is 2.25 bits per heavy atom. The average molecular weight is 732 g/mol. The van der Waals surface area contributed by atoms with Crippen LogP contribution in [0.2, 0.25) is 0 Å². The van der Waals surface area contributed by atoms with Crippen LogP contribution in [0.5, 0.6) is 0 Å². The number of ether oxygens (including phenoxy) is 2. The Balaban J connectivity index is 1.36. The zero-order chi connectivity index (χ0) is 39.0. The Labute approximate surface area is 313 Å². The molecule has 1 N–H and O–H groups in total. The van der Waals surface area contributed by atoms with Crippen molar-refractivity contribution in [2.45, 2.75) is 130 Å². The van der Waals surface area contributed by atoms with Crippen LogP contribution in [0.25, 0.3) is 10.9 Å². The lowest BCUT2D eigenvalue weighted by molar-refractivity contribution is -0.146. The van der Waals surface area contributed by atoms with Crippen LogP contribution in [0.4, 0.5) is 21.1 Å². The van der Waals surface area contributed by atoms with Crippen LogP contribution in [0.15, 0.2) is 36.7 Å². The molecule has 0 spiro atoms. The first kappa shape index (κ1) is 39.7. The third-order valence-electron chi connectivity index (χ3n) is 10.1. The minimum atomic E-state index is -0.943. The van der Waals surface area contributed by atoms with Crippen LogP contribution in [-0.2, 0) is 25.5 Å². The molecule has 2 aliphatic rings. The average Bonchev–Trinajstić information content (AvgIpc) is 3.48. The Bertz CT molecular complexity index is 1830. The molecule has 1 aromatic carbocycles. The lowest BCUT2D eigenvalue weighted by Gasteiger charge is -2.43. The van der Waals surface area contributed by atoms with Crippen molar-refractivity contribution >= 4 is 46.4 Å². The maximum atomic E-state index is 13.9. The van der Waals surface area contributed by atoms with E-state index in [1.807, 2.05) is 13.0 Å². The summed E-state index contributed by atoms with van der Waals surface area (Å²) in [5, 5.41) is 8.76. The van der Waals surface area contributed by atoms with E-state index in [1.165, 1.54) is 6.20 Å². The highest BCUT2D eigenvalue weighted by Crippen LogP contribution is 2.37. The number of nitrogens with zero attached hydrogens (tertiary/aromatic N) is 6. The van der Waals surface area contributed by atoms with Gasteiger partial charge >= 0.3 is 24.0 Å². The van der Waals surface area contributed by atoms with Crippen molar-refractivity contribution < 1.29 is 28.7 Å². The number of anilines is 2. The lowest BCUT2D eigenvalue weighted by atomic mass is 9.87. The van der Waals surface area contributed by atoms with Gasteiger partial charge in [0.15, 0.2) is 5.82 Å². The number of aryl methyl sites for hydroxylation is 1. The number of benzene rings is 1. The molecule has 2 fully saturated rings. The fraction of sp³-hybridized carbons (Fsp3) is 0.600. The fourth-order valence-electron chi connectivity index (χ4n) is 7.09. The number of fused-ring (bicyclic) bond motifs is 1. The molecule has 2 saturated heterocycles. The van der Waals surface area contributed by atoms with E-state index in [1.54, 1.807) is 52.5 Å². The minimum Gasteiger partial charge on any atom is -0.443 e. The van der Waals surface area contributed by atoms with Crippen LogP contribution >= 0.6 is 0 Å². The monoisotopic (exact) mass is 731 g/mol. The molecule has 4 amide bonds. The molecule has 53 heavy (non-hydrogen) atoms. The summed E-state index contributed by atoms with van der Waals surface area (Å²) in [6, 6.07) is 7.78. The van der Waals surface area contributed by atoms with Gasteiger partial charge in [-0.2, -0.15) is 10.00 Å². The Kier molecular flexibility index (Phi) is 11.3. The van der Waals surface area contributed by atoms with Gasteiger partial charge in [-0.05, 0) is 124 Å². The number of hydrogen-bond acceptors (Lipinski definition) is 9. The van der Waals surface area contributed by atoms with Crippen LogP contribution in [0.3, 0.4) is 0 Å². The normalized spacial score (nSPS) is 20.9. The quantitative estimate of drug-likeness (QED) is 0.262. The van der Waals surface area contributed by atoms with E-state index in [4.69, 9.17) is 14.6 Å². The third kappa shape index (κ3) is 9.35. The molecule has 13 nitrogen and oxygen atoms in total. The van der Waals surface area contributed by atoms with E-state index < -0.39 is 35.2 Å².